The molecule has 2 amide bonds. The van der Waals surface area contributed by atoms with Crippen LogP contribution in [0.3, 0.4) is 0 Å². The molecule has 1 aliphatic carbocycles. The highest BCUT2D eigenvalue weighted by Gasteiger charge is 2.31. The molecule has 1 aliphatic heterocycles. The zero-order valence-corrected chi connectivity index (χ0v) is 9.75. The monoisotopic (exact) mass is 239 g/mol. The smallest absolute Gasteiger partial charge is 0.286 e. The molecule has 1 saturated heterocycles. The molecule has 16 heavy (non-hydrogen) atoms. The van der Waals surface area contributed by atoms with Crippen LogP contribution in [0.15, 0.2) is 23.8 Å². The number of carbonyl (C=O) groups is 2. The van der Waals surface area contributed by atoms with E-state index in [9.17, 15) is 9.59 Å². The van der Waals surface area contributed by atoms with E-state index in [1.165, 1.54) is 0 Å². The fraction of sp³-hybridized carbons (Fsp3) is 0.455. The Bertz CT molecular complexity index is 375. The molecule has 4 nitrogen and oxygen atoms in total. The predicted octanol–water partition coefficient (Wildman–Crippen LogP) is 1.63. The van der Waals surface area contributed by atoms with Crippen LogP contribution in [0.25, 0.3) is 0 Å². The van der Waals surface area contributed by atoms with Crippen LogP contribution < -0.4 is 5.32 Å². The van der Waals surface area contributed by atoms with E-state index in [0.717, 1.165) is 23.8 Å². The van der Waals surface area contributed by atoms with Gasteiger partial charge >= 0.3 is 0 Å². The number of ether oxygens (including phenoxy) is 1. The molecule has 2 aliphatic rings. The average Bonchev–Trinajstić information content (AvgIpc) is 2.58. The fourth-order valence-corrected chi connectivity index (χ4v) is 2.62. The molecule has 0 radical (unpaired) electrons. The minimum atomic E-state index is -0.293. The summed E-state index contributed by atoms with van der Waals surface area (Å²) < 4.78 is 5.23. The molecule has 2 rings (SSSR count). The highest BCUT2D eigenvalue weighted by molar-refractivity contribution is 8.15. The summed E-state index contributed by atoms with van der Waals surface area (Å²) in [5.74, 6) is -0.191. The van der Waals surface area contributed by atoms with Gasteiger partial charge < -0.3 is 4.74 Å². The molecule has 1 N–H and O–H groups in total. The number of methoxy groups -OCH3 is 1. The molecule has 0 spiro atoms. The zero-order valence-electron chi connectivity index (χ0n) is 8.93. The Kier molecular flexibility index (Phi) is 3.46. The van der Waals surface area contributed by atoms with Crippen molar-refractivity contribution in [2.24, 2.45) is 0 Å². The second-order valence-corrected chi connectivity index (χ2v) is 4.92. The Morgan fingerprint density at radius 2 is 2.38 bits per heavy atom. The third-order valence-electron chi connectivity index (χ3n) is 2.59. The number of hydrogen-bond donors (Lipinski definition) is 1. The first-order valence-electron chi connectivity index (χ1n) is 5.10. The van der Waals surface area contributed by atoms with Crippen LogP contribution in [0.2, 0.25) is 0 Å². The van der Waals surface area contributed by atoms with Crippen molar-refractivity contribution in [3.8, 4) is 0 Å². The molecule has 0 aromatic carbocycles. The summed E-state index contributed by atoms with van der Waals surface area (Å²) in [7, 11) is 1.67. The first-order chi connectivity index (χ1) is 7.69. The summed E-state index contributed by atoms with van der Waals surface area (Å²) in [5, 5.41) is 1.74. The maximum Gasteiger partial charge on any atom is 0.286 e. The van der Waals surface area contributed by atoms with Gasteiger partial charge in [0.2, 0.25) is 5.91 Å². The topological polar surface area (TPSA) is 55.4 Å². The van der Waals surface area contributed by atoms with E-state index in [1.54, 1.807) is 7.11 Å². The van der Waals surface area contributed by atoms with Crippen molar-refractivity contribution in [3.05, 3.63) is 23.8 Å². The lowest BCUT2D eigenvalue weighted by atomic mass is 10.0. The number of rotatable bonds is 3. The van der Waals surface area contributed by atoms with E-state index in [-0.39, 0.29) is 22.5 Å². The highest BCUT2D eigenvalue weighted by Crippen LogP contribution is 2.27. The molecule has 86 valence electrons. The van der Waals surface area contributed by atoms with Crippen LogP contribution in [0.5, 0.6) is 0 Å². The van der Waals surface area contributed by atoms with Crippen LogP contribution in [-0.4, -0.2) is 29.6 Å². The lowest BCUT2D eigenvalue weighted by molar-refractivity contribution is -0.118. The van der Waals surface area contributed by atoms with Gasteiger partial charge in [0.05, 0.1) is 11.4 Å². The van der Waals surface area contributed by atoms with Gasteiger partial charge in [0, 0.05) is 7.11 Å². The quantitative estimate of drug-likeness (QED) is 0.813. The van der Waals surface area contributed by atoms with E-state index in [2.05, 4.69) is 5.32 Å². The van der Waals surface area contributed by atoms with Gasteiger partial charge in [-0.2, -0.15) is 0 Å². The van der Waals surface area contributed by atoms with Crippen LogP contribution in [-0.2, 0) is 9.53 Å². The Hall–Kier alpha value is -1.07. The Labute approximate surface area is 98.1 Å². The van der Waals surface area contributed by atoms with Gasteiger partial charge in [0.1, 0.15) is 0 Å². The van der Waals surface area contributed by atoms with E-state index < -0.39 is 0 Å². The number of allylic oxidation sites excluding steroid dienone is 2. The number of thioether (sulfide) groups is 1. The summed E-state index contributed by atoms with van der Waals surface area (Å²) >= 11 is 1.06. The van der Waals surface area contributed by atoms with E-state index >= 15 is 0 Å². The van der Waals surface area contributed by atoms with Crippen LogP contribution in [0.4, 0.5) is 4.79 Å². The Balaban J connectivity index is 1.99. The second kappa shape index (κ2) is 4.84. The molecular weight excluding hydrogens is 226 g/mol. The van der Waals surface area contributed by atoms with Crippen molar-refractivity contribution in [1.29, 1.82) is 0 Å². The van der Waals surface area contributed by atoms with Crippen molar-refractivity contribution < 1.29 is 14.3 Å². The van der Waals surface area contributed by atoms with E-state index in [0.29, 0.717) is 6.42 Å². The largest absolute Gasteiger partial charge is 0.377 e. The molecule has 2 unspecified atom stereocenters. The molecular formula is C11H13NO3S. The van der Waals surface area contributed by atoms with E-state index in [1.807, 2.05) is 18.2 Å². The Morgan fingerprint density at radius 1 is 1.56 bits per heavy atom. The van der Waals surface area contributed by atoms with Crippen molar-refractivity contribution in [3.63, 3.8) is 0 Å². The number of carbonyl (C=O) groups excluding carboxylic acids is 2. The standard InChI is InChI=1S/C11H13NO3S/c1-15-8-4-2-3-7(5-8)6-9-10(13)12-11(14)16-9/h2-3,5,8-9H,4,6H2,1H3,(H,12,13,14). The average molecular weight is 239 g/mol. The minimum Gasteiger partial charge on any atom is -0.377 e. The molecule has 1 fully saturated rings. The van der Waals surface area contributed by atoms with Gasteiger partial charge in [-0.3, -0.25) is 14.9 Å². The summed E-state index contributed by atoms with van der Waals surface area (Å²) in [4.78, 5) is 22.4. The van der Waals surface area contributed by atoms with Crippen molar-refractivity contribution in [2.45, 2.75) is 24.2 Å². The first kappa shape index (κ1) is 11.4. The molecule has 5 heteroatoms. The number of imide groups is 1. The van der Waals surface area contributed by atoms with Gasteiger partial charge in [-0.25, -0.2) is 0 Å². The van der Waals surface area contributed by atoms with Gasteiger partial charge in [-0.05, 0) is 18.4 Å². The molecule has 2 atom stereocenters. The van der Waals surface area contributed by atoms with Crippen molar-refractivity contribution in [1.82, 2.24) is 5.32 Å². The Morgan fingerprint density at radius 3 is 3.00 bits per heavy atom. The fourth-order valence-electron chi connectivity index (χ4n) is 1.76. The molecule has 0 bridgehead atoms. The second-order valence-electron chi connectivity index (χ2n) is 3.74. The summed E-state index contributed by atoms with van der Waals surface area (Å²) in [5.41, 5.74) is 1.06. The third-order valence-corrected chi connectivity index (χ3v) is 3.57. The van der Waals surface area contributed by atoms with E-state index in [4.69, 9.17) is 4.74 Å². The van der Waals surface area contributed by atoms with Gasteiger partial charge in [0.15, 0.2) is 0 Å². The zero-order chi connectivity index (χ0) is 11.5. The molecule has 1 heterocycles. The first-order valence-corrected chi connectivity index (χ1v) is 5.98. The molecule has 0 saturated carbocycles. The molecule has 0 aromatic heterocycles. The lowest BCUT2D eigenvalue weighted by Crippen LogP contribution is -2.24. The summed E-state index contributed by atoms with van der Waals surface area (Å²) in [6.45, 7) is 0. The maximum absolute atomic E-state index is 11.4. The SMILES string of the molecule is COC1C=C(CC2SC(=O)NC2=O)C=CC1. The molecule has 0 aromatic rings. The number of hydrogen-bond acceptors (Lipinski definition) is 4. The van der Waals surface area contributed by atoms with Crippen molar-refractivity contribution >= 4 is 22.9 Å². The minimum absolute atomic E-state index is 0.0881. The third kappa shape index (κ3) is 2.54. The predicted molar refractivity (Wildman–Crippen MR) is 62.2 cm³/mol. The highest BCUT2D eigenvalue weighted by atomic mass is 32.2. The van der Waals surface area contributed by atoms with Gasteiger partial charge in [-0.1, -0.05) is 30.0 Å². The van der Waals surface area contributed by atoms with Crippen LogP contribution >= 0.6 is 11.8 Å². The summed E-state index contributed by atoms with van der Waals surface area (Å²) in [6.07, 6.45) is 7.57. The number of nitrogens with one attached hydrogen (secondary N) is 1. The summed E-state index contributed by atoms with van der Waals surface area (Å²) in [6, 6.07) is 0. The number of amides is 2. The normalized spacial score (nSPS) is 29.2. The van der Waals surface area contributed by atoms with Crippen LogP contribution in [0, 0.1) is 0 Å². The van der Waals surface area contributed by atoms with Gasteiger partial charge in [-0.15, -0.1) is 0 Å². The van der Waals surface area contributed by atoms with Gasteiger partial charge in [0.25, 0.3) is 5.24 Å². The van der Waals surface area contributed by atoms with Crippen LogP contribution in [0.1, 0.15) is 12.8 Å². The lowest BCUT2D eigenvalue weighted by Gasteiger charge is -2.16. The maximum atomic E-state index is 11.4. The van der Waals surface area contributed by atoms with Crippen molar-refractivity contribution in [2.75, 3.05) is 7.11 Å².